The molecule has 0 aliphatic carbocycles. The van der Waals surface area contributed by atoms with Gasteiger partial charge in [0.25, 0.3) is 0 Å². The number of rotatable bonds is 3. The third-order valence-corrected chi connectivity index (χ3v) is 4.43. The smallest absolute Gasteiger partial charge is 0.206 e. The fourth-order valence-corrected chi connectivity index (χ4v) is 3.48. The average Bonchev–Trinajstić information content (AvgIpc) is 2.94. The first-order valence-corrected chi connectivity index (χ1v) is 7.79. The quantitative estimate of drug-likeness (QED) is 0.869. The monoisotopic (exact) mass is 389 g/mol. The topological polar surface area (TPSA) is 47.0 Å². The van der Waals surface area contributed by atoms with Crippen molar-refractivity contribution < 1.29 is 4.74 Å². The molecule has 0 fully saturated rings. The largest absolute Gasteiger partial charge is 0.493 e. The number of hydrogen-bond donors (Lipinski definition) is 1. The van der Waals surface area contributed by atoms with Crippen molar-refractivity contribution in [3.8, 4) is 5.75 Å². The number of nitrogens with one attached hydrogen (secondary N) is 1. The van der Waals surface area contributed by atoms with Crippen LogP contribution in [0.15, 0.2) is 20.5 Å². The summed E-state index contributed by atoms with van der Waals surface area (Å²) in [7, 11) is 0. The highest BCUT2D eigenvalue weighted by Gasteiger charge is 2.17. The van der Waals surface area contributed by atoms with E-state index in [9.17, 15) is 0 Å². The lowest BCUT2D eigenvalue weighted by Gasteiger charge is -2.09. The van der Waals surface area contributed by atoms with Gasteiger partial charge in [0.2, 0.25) is 5.13 Å². The standard InChI is InChI=1S/C11H9Br2N3OS/c12-8-3-6-1-2-17-9(6)7(4-8)5-14-11-16-15-10(13)18-11/h3-4H,1-2,5H2,(H,14,16). The molecule has 1 aromatic carbocycles. The average molecular weight is 391 g/mol. The van der Waals surface area contributed by atoms with Crippen LogP contribution in [0.5, 0.6) is 5.75 Å². The molecule has 0 saturated carbocycles. The molecular weight excluding hydrogens is 382 g/mol. The van der Waals surface area contributed by atoms with Gasteiger partial charge in [0.1, 0.15) is 5.75 Å². The van der Waals surface area contributed by atoms with Gasteiger partial charge in [-0.3, -0.25) is 0 Å². The van der Waals surface area contributed by atoms with E-state index >= 15 is 0 Å². The summed E-state index contributed by atoms with van der Waals surface area (Å²) in [5.74, 6) is 1.01. The molecule has 4 nitrogen and oxygen atoms in total. The molecule has 1 aliphatic heterocycles. The first-order chi connectivity index (χ1) is 8.72. The molecule has 1 N–H and O–H groups in total. The van der Waals surface area contributed by atoms with E-state index in [1.54, 1.807) is 0 Å². The highest BCUT2D eigenvalue weighted by Crippen LogP contribution is 2.33. The van der Waals surface area contributed by atoms with Crippen LogP contribution in [0.1, 0.15) is 11.1 Å². The maximum absolute atomic E-state index is 5.68. The molecule has 0 unspecified atom stereocenters. The Kier molecular flexibility index (Phi) is 3.54. The molecule has 3 rings (SSSR count). The van der Waals surface area contributed by atoms with Crippen LogP contribution in [-0.2, 0) is 13.0 Å². The van der Waals surface area contributed by atoms with Crippen molar-refractivity contribution in [2.45, 2.75) is 13.0 Å². The third kappa shape index (κ3) is 2.53. The summed E-state index contributed by atoms with van der Waals surface area (Å²) in [4.78, 5) is 0. The molecule has 0 spiro atoms. The second-order valence-electron chi connectivity index (χ2n) is 3.87. The lowest BCUT2D eigenvalue weighted by atomic mass is 10.1. The minimum absolute atomic E-state index is 0.684. The molecular formula is C11H9Br2N3OS. The second kappa shape index (κ2) is 5.14. The van der Waals surface area contributed by atoms with Gasteiger partial charge in [-0.05, 0) is 33.6 Å². The number of anilines is 1. The molecule has 94 valence electrons. The van der Waals surface area contributed by atoms with Crippen LogP contribution in [-0.4, -0.2) is 16.8 Å². The maximum atomic E-state index is 5.68. The van der Waals surface area contributed by atoms with Gasteiger partial charge in [0.05, 0.1) is 6.61 Å². The SMILES string of the molecule is Brc1cc2c(c(CNc3nnc(Br)s3)c1)OCC2. The Morgan fingerprint density at radius 3 is 3.00 bits per heavy atom. The molecule has 0 bridgehead atoms. The summed E-state index contributed by atoms with van der Waals surface area (Å²) in [6.07, 6.45) is 0.978. The highest BCUT2D eigenvalue weighted by atomic mass is 79.9. The van der Waals surface area contributed by atoms with Gasteiger partial charge in [-0.2, -0.15) is 0 Å². The van der Waals surface area contributed by atoms with E-state index in [1.165, 1.54) is 16.9 Å². The summed E-state index contributed by atoms with van der Waals surface area (Å²) in [6.45, 7) is 1.45. The van der Waals surface area contributed by atoms with Crippen molar-refractivity contribution in [3.05, 3.63) is 31.6 Å². The minimum atomic E-state index is 0.684. The number of halogens is 2. The van der Waals surface area contributed by atoms with Crippen LogP contribution in [0, 0.1) is 0 Å². The van der Waals surface area contributed by atoms with E-state index in [0.717, 1.165) is 37.9 Å². The zero-order valence-electron chi connectivity index (χ0n) is 9.24. The molecule has 0 saturated heterocycles. The number of aromatic nitrogens is 2. The van der Waals surface area contributed by atoms with Gasteiger partial charge in [-0.25, -0.2) is 0 Å². The number of fused-ring (bicyclic) bond motifs is 1. The molecule has 1 aliphatic rings. The van der Waals surface area contributed by atoms with Crippen molar-refractivity contribution in [2.75, 3.05) is 11.9 Å². The number of ether oxygens (including phenoxy) is 1. The summed E-state index contributed by atoms with van der Waals surface area (Å²) >= 11 is 8.30. The van der Waals surface area contributed by atoms with Crippen molar-refractivity contribution >= 4 is 48.3 Å². The Morgan fingerprint density at radius 1 is 1.33 bits per heavy atom. The van der Waals surface area contributed by atoms with Gasteiger partial charge in [-0.1, -0.05) is 27.3 Å². The van der Waals surface area contributed by atoms with Crippen molar-refractivity contribution in [1.29, 1.82) is 0 Å². The Morgan fingerprint density at radius 2 is 2.22 bits per heavy atom. The zero-order valence-corrected chi connectivity index (χ0v) is 13.2. The summed E-state index contributed by atoms with van der Waals surface area (Å²) in [5.41, 5.74) is 2.41. The predicted molar refractivity (Wildman–Crippen MR) is 78.3 cm³/mol. The molecule has 7 heteroatoms. The lowest BCUT2D eigenvalue weighted by molar-refractivity contribution is 0.354. The Labute approximate surface area is 125 Å². The van der Waals surface area contributed by atoms with Crippen molar-refractivity contribution in [1.82, 2.24) is 10.2 Å². The first-order valence-electron chi connectivity index (χ1n) is 5.39. The summed E-state index contributed by atoms with van der Waals surface area (Å²) in [5, 5.41) is 12.0. The molecule has 0 atom stereocenters. The van der Waals surface area contributed by atoms with Crippen LogP contribution in [0.2, 0.25) is 0 Å². The first kappa shape index (κ1) is 12.4. The molecule has 0 amide bonds. The molecule has 1 aromatic heterocycles. The third-order valence-electron chi connectivity index (χ3n) is 2.66. The van der Waals surface area contributed by atoms with E-state index in [0.29, 0.717) is 6.54 Å². The highest BCUT2D eigenvalue weighted by molar-refractivity contribution is 9.11. The van der Waals surface area contributed by atoms with Gasteiger partial charge >= 0.3 is 0 Å². The van der Waals surface area contributed by atoms with Crippen LogP contribution < -0.4 is 10.1 Å². The summed E-state index contributed by atoms with van der Waals surface area (Å²) in [6, 6.07) is 4.20. The number of nitrogens with zero attached hydrogens (tertiary/aromatic N) is 2. The fourth-order valence-electron chi connectivity index (χ4n) is 1.92. The Bertz CT molecular complexity index is 588. The van der Waals surface area contributed by atoms with E-state index in [2.05, 4.69) is 59.5 Å². The summed E-state index contributed by atoms with van der Waals surface area (Å²) < 4.78 is 7.54. The van der Waals surface area contributed by atoms with Crippen LogP contribution in [0.25, 0.3) is 0 Å². The van der Waals surface area contributed by atoms with Crippen LogP contribution in [0.3, 0.4) is 0 Å². The van der Waals surface area contributed by atoms with Crippen LogP contribution >= 0.6 is 43.2 Å². The molecule has 2 aromatic rings. The molecule has 2 heterocycles. The number of hydrogen-bond acceptors (Lipinski definition) is 5. The second-order valence-corrected chi connectivity index (χ2v) is 7.03. The van der Waals surface area contributed by atoms with Gasteiger partial charge in [0.15, 0.2) is 3.92 Å². The van der Waals surface area contributed by atoms with Gasteiger partial charge < -0.3 is 10.1 Å². The molecule has 0 radical (unpaired) electrons. The normalized spacial score (nSPS) is 13.2. The predicted octanol–water partition coefficient (Wildman–Crippen LogP) is 3.61. The fraction of sp³-hybridized carbons (Fsp3) is 0.273. The van der Waals surface area contributed by atoms with Crippen LogP contribution in [0.4, 0.5) is 5.13 Å². The molecule has 18 heavy (non-hydrogen) atoms. The van der Waals surface area contributed by atoms with Gasteiger partial charge in [0, 0.05) is 23.0 Å². The van der Waals surface area contributed by atoms with Crippen molar-refractivity contribution in [2.24, 2.45) is 0 Å². The van der Waals surface area contributed by atoms with Gasteiger partial charge in [-0.15, -0.1) is 10.2 Å². The zero-order chi connectivity index (χ0) is 12.5. The Hall–Kier alpha value is -0.660. The minimum Gasteiger partial charge on any atom is -0.493 e. The Balaban J connectivity index is 1.80. The van der Waals surface area contributed by atoms with E-state index in [-0.39, 0.29) is 0 Å². The maximum Gasteiger partial charge on any atom is 0.206 e. The van der Waals surface area contributed by atoms with Crippen molar-refractivity contribution in [3.63, 3.8) is 0 Å². The van der Waals surface area contributed by atoms with E-state index < -0.39 is 0 Å². The van der Waals surface area contributed by atoms with E-state index in [1.807, 2.05) is 0 Å². The number of benzene rings is 1. The lowest BCUT2D eigenvalue weighted by Crippen LogP contribution is -2.01. The van der Waals surface area contributed by atoms with E-state index in [4.69, 9.17) is 4.74 Å².